The number of fused-ring (bicyclic) bond motifs is 1. The third-order valence-electron chi connectivity index (χ3n) is 4.47. The van der Waals surface area contributed by atoms with E-state index >= 15 is 0 Å². The summed E-state index contributed by atoms with van der Waals surface area (Å²) < 4.78 is 0. The molecule has 128 valence electrons. The van der Waals surface area contributed by atoms with E-state index in [0.29, 0.717) is 16.3 Å². The van der Waals surface area contributed by atoms with Crippen LogP contribution in [0.4, 0.5) is 5.69 Å². The number of hydrogen-bond acceptors (Lipinski definition) is 3. The van der Waals surface area contributed by atoms with Gasteiger partial charge in [-0.05, 0) is 35.7 Å². The van der Waals surface area contributed by atoms with E-state index in [-0.39, 0.29) is 11.7 Å². The van der Waals surface area contributed by atoms with E-state index in [1.54, 1.807) is 36.4 Å². The standard InChI is InChI=1S/C21H14ClNO2S/c22-15-8-9-17-16(13-15)21(20(25)23-17,19-7-4-12-26-19)11-10-18(24)14-5-2-1-3-6-14/h1-13H,(H,23,25)/b11-10-/t21-/m1/s1. The van der Waals surface area contributed by atoms with Gasteiger partial charge in [-0.15, -0.1) is 11.3 Å². The summed E-state index contributed by atoms with van der Waals surface area (Å²) >= 11 is 7.66. The minimum absolute atomic E-state index is 0.148. The molecule has 0 saturated heterocycles. The molecule has 0 fully saturated rings. The molecule has 0 radical (unpaired) electrons. The molecule has 1 atom stereocenters. The maximum atomic E-state index is 13.0. The Hall–Kier alpha value is -2.69. The van der Waals surface area contributed by atoms with Gasteiger partial charge in [0.15, 0.2) is 5.78 Å². The third-order valence-corrected chi connectivity index (χ3v) is 5.71. The van der Waals surface area contributed by atoms with E-state index in [4.69, 9.17) is 11.6 Å². The average molecular weight is 380 g/mol. The fourth-order valence-electron chi connectivity index (χ4n) is 3.19. The number of halogens is 1. The number of carbonyl (C=O) groups is 2. The second-order valence-corrected chi connectivity index (χ2v) is 7.38. The van der Waals surface area contributed by atoms with Gasteiger partial charge in [0.2, 0.25) is 5.91 Å². The molecule has 0 bridgehead atoms. The molecule has 1 amide bonds. The molecule has 26 heavy (non-hydrogen) atoms. The van der Waals surface area contributed by atoms with Crippen LogP contribution < -0.4 is 5.32 Å². The monoisotopic (exact) mass is 379 g/mol. The molecule has 1 aliphatic rings. The number of hydrogen-bond donors (Lipinski definition) is 1. The summed E-state index contributed by atoms with van der Waals surface area (Å²) in [4.78, 5) is 26.4. The predicted molar refractivity (Wildman–Crippen MR) is 105 cm³/mol. The van der Waals surface area contributed by atoms with E-state index in [1.807, 2.05) is 35.7 Å². The number of benzene rings is 2. The molecule has 0 aliphatic carbocycles. The Morgan fingerprint density at radius 2 is 1.88 bits per heavy atom. The van der Waals surface area contributed by atoms with Crippen LogP contribution in [0.15, 0.2) is 78.2 Å². The molecule has 3 nitrogen and oxygen atoms in total. The summed E-state index contributed by atoms with van der Waals surface area (Å²) in [5, 5.41) is 5.38. The highest BCUT2D eigenvalue weighted by Gasteiger charge is 2.47. The van der Waals surface area contributed by atoms with Crippen molar-refractivity contribution in [1.82, 2.24) is 0 Å². The van der Waals surface area contributed by atoms with Gasteiger partial charge in [-0.25, -0.2) is 0 Å². The Labute approximate surface area is 159 Å². The van der Waals surface area contributed by atoms with E-state index in [0.717, 1.165) is 10.4 Å². The zero-order chi connectivity index (χ0) is 18.1. The van der Waals surface area contributed by atoms with Crippen molar-refractivity contribution in [3.05, 3.63) is 99.2 Å². The Bertz CT molecular complexity index is 1010. The van der Waals surface area contributed by atoms with Crippen molar-refractivity contribution in [2.75, 3.05) is 5.32 Å². The summed E-state index contributed by atoms with van der Waals surface area (Å²) in [6, 6.07) is 18.1. The number of amides is 1. The quantitative estimate of drug-likeness (QED) is 0.507. The molecule has 1 aromatic heterocycles. The van der Waals surface area contributed by atoms with Crippen LogP contribution in [0.1, 0.15) is 20.8 Å². The first-order valence-corrected chi connectivity index (χ1v) is 9.31. The summed E-state index contributed by atoms with van der Waals surface area (Å²) in [7, 11) is 0. The molecule has 4 rings (SSSR count). The molecule has 1 aliphatic heterocycles. The number of anilines is 1. The Kier molecular flexibility index (Phi) is 4.23. The van der Waals surface area contributed by atoms with Gasteiger partial charge < -0.3 is 5.32 Å². The maximum absolute atomic E-state index is 13.0. The van der Waals surface area contributed by atoms with Gasteiger partial charge >= 0.3 is 0 Å². The van der Waals surface area contributed by atoms with Crippen LogP contribution in [-0.4, -0.2) is 11.7 Å². The van der Waals surface area contributed by atoms with Crippen molar-refractivity contribution < 1.29 is 9.59 Å². The van der Waals surface area contributed by atoms with Crippen molar-refractivity contribution in [3.8, 4) is 0 Å². The lowest BCUT2D eigenvalue weighted by atomic mass is 9.79. The van der Waals surface area contributed by atoms with Gasteiger partial charge in [0.1, 0.15) is 5.41 Å². The molecule has 0 spiro atoms. The smallest absolute Gasteiger partial charge is 0.244 e. The first kappa shape index (κ1) is 16.8. The largest absolute Gasteiger partial charge is 0.324 e. The van der Waals surface area contributed by atoms with Gasteiger partial charge in [-0.3, -0.25) is 9.59 Å². The molecule has 5 heteroatoms. The average Bonchev–Trinajstić information content (AvgIpc) is 3.27. The van der Waals surface area contributed by atoms with Crippen LogP contribution >= 0.6 is 22.9 Å². The molecule has 3 aromatic rings. The van der Waals surface area contributed by atoms with Crippen LogP contribution in [-0.2, 0) is 10.2 Å². The lowest BCUT2D eigenvalue weighted by Gasteiger charge is -2.22. The molecule has 1 N–H and O–H groups in total. The molecular weight excluding hydrogens is 366 g/mol. The van der Waals surface area contributed by atoms with Gasteiger partial charge in [0, 0.05) is 26.7 Å². The summed E-state index contributed by atoms with van der Waals surface area (Å²) in [6.45, 7) is 0. The van der Waals surface area contributed by atoms with Crippen LogP contribution in [0.25, 0.3) is 0 Å². The van der Waals surface area contributed by atoms with Crippen molar-refractivity contribution in [2.24, 2.45) is 0 Å². The van der Waals surface area contributed by atoms with Crippen LogP contribution in [0.5, 0.6) is 0 Å². The first-order chi connectivity index (χ1) is 12.6. The third kappa shape index (κ3) is 2.68. The van der Waals surface area contributed by atoms with Gasteiger partial charge in [-0.2, -0.15) is 0 Å². The zero-order valence-electron chi connectivity index (χ0n) is 13.6. The normalized spacial score (nSPS) is 18.7. The molecule has 2 aromatic carbocycles. The highest BCUT2D eigenvalue weighted by Crippen LogP contribution is 2.46. The lowest BCUT2D eigenvalue weighted by Crippen LogP contribution is -2.33. The fourth-order valence-corrected chi connectivity index (χ4v) is 4.28. The predicted octanol–water partition coefficient (Wildman–Crippen LogP) is 5.08. The molecule has 0 saturated carbocycles. The first-order valence-electron chi connectivity index (χ1n) is 8.05. The SMILES string of the molecule is O=C(/C=C\[C@@]1(c2cccs2)C(=O)Nc2ccc(Cl)cc21)c1ccccc1. The van der Waals surface area contributed by atoms with Gasteiger partial charge in [0.25, 0.3) is 0 Å². The van der Waals surface area contributed by atoms with Crippen molar-refractivity contribution >= 4 is 40.3 Å². The van der Waals surface area contributed by atoms with E-state index in [1.165, 1.54) is 17.4 Å². The molecule has 0 unspecified atom stereocenters. The minimum atomic E-state index is -1.06. The summed E-state index contributed by atoms with van der Waals surface area (Å²) in [5.74, 6) is -0.334. The van der Waals surface area contributed by atoms with E-state index in [2.05, 4.69) is 5.32 Å². The Balaban J connectivity index is 1.85. The maximum Gasteiger partial charge on any atom is 0.244 e. The second kappa shape index (κ2) is 6.56. The number of thiophene rings is 1. The highest BCUT2D eigenvalue weighted by atomic mass is 35.5. The van der Waals surface area contributed by atoms with Gasteiger partial charge in [0.05, 0.1) is 0 Å². The second-order valence-electron chi connectivity index (χ2n) is 5.99. The van der Waals surface area contributed by atoms with Crippen molar-refractivity contribution in [3.63, 3.8) is 0 Å². The van der Waals surface area contributed by atoms with Gasteiger partial charge in [-0.1, -0.05) is 54.1 Å². The van der Waals surface area contributed by atoms with Crippen LogP contribution in [0.3, 0.4) is 0 Å². The molecular formula is C21H14ClNO2S. The zero-order valence-corrected chi connectivity index (χ0v) is 15.2. The van der Waals surface area contributed by atoms with Crippen molar-refractivity contribution in [1.29, 1.82) is 0 Å². The molecule has 2 heterocycles. The topological polar surface area (TPSA) is 46.2 Å². The Morgan fingerprint density at radius 3 is 2.62 bits per heavy atom. The Morgan fingerprint density at radius 1 is 1.08 bits per heavy atom. The lowest BCUT2D eigenvalue weighted by molar-refractivity contribution is -0.118. The van der Waals surface area contributed by atoms with E-state index in [9.17, 15) is 9.59 Å². The van der Waals surface area contributed by atoms with Crippen LogP contribution in [0, 0.1) is 0 Å². The number of nitrogens with one attached hydrogen (secondary N) is 1. The number of carbonyl (C=O) groups excluding carboxylic acids is 2. The number of ketones is 1. The summed E-state index contributed by atoms with van der Waals surface area (Å²) in [6.07, 6.45) is 3.16. The minimum Gasteiger partial charge on any atom is -0.324 e. The highest BCUT2D eigenvalue weighted by molar-refractivity contribution is 7.10. The van der Waals surface area contributed by atoms with Crippen LogP contribution in [0.2, 0.25) is 5.02 Å². The summed E-state index contributed by atoms with van der Waals surface area (Å²) in [5.41, 5.74) is 0.993. The number of allylic oxidation sites excluding steroid dienone is 1. The van der Waals surface area contributed by atoms with Crippen molar-refractivity contribution in [2.45, 2.75) is 5.41 Å². The number of rotatable bonds is 4. The van der Waals surface area contributed by atoms with E-state index < -0.39 is 5.41 Å². The fraction of sp³-hybridized carbons (Fsp3) is 0.0476.